The molecule has 0 spiro atoms. The van der Waals surface area contributed by atoms with Crippen LogP contribution in [0.5, 0.6) is 0 Å². The smallest absolute Gasteiger partial charge is 0.232 e. The van der Waals surface area contributed by atoms with E-state index in [1.54, 1.807) is 4.90 Å². The van der Waals surface area contributed by atoms with Crippen molar-refractivity contribution in [3.05, 3.63) is 29.3 Å². The predicted octanol–water partition coefficient (Wildman–Crippen LogP) is 2.66. The Bertz CT molecular complexity index is 387. The van der Waals surface area contributed by atoms with E-state index in [4.69, 9.17) is 16.7 Å². The molecule has 1 rings (SSSR count). The average Bonchev–Trinajstić information content (AvgIpc) is 2.38. The Hall–Kier alpha value is -0.710. The molecule has 0 fully saturated rings. The van der Waals surface area contributed by atoms with Crippen molar-refractivity contribution in [1.29, 1.82) is 0 Å². The molecule has 0 heterocycles. The Morgan fingerprint density at radius 1 is 1.44 bits per heavy atom. The van der Waals surface area contributed by atoms with Gasteiger partial charge in [0, 0.05) is 24.6 Å². The van der Waals surface area contributed by atoms with Crippen molar-refractivity contribution in [1.82, 2.24) is 4.90 Å². The fourth-order valence-electron chi connectivity index (χ4n) is 1.51. The van der Waals surface area contributed by atoms with Crippen LogP contribution in [0.25, 0.3) is 0 Å². The number of rotatable bonds is 7. The molecule has 1 aromatic rings. The number of hydrogen-bond acceptors (Lipinski definition) is 3. The molecule has 1 aromatic carbocycles. The summed E-state index contributed by atoms with van der Waals surface area (Å²) in [6.07, 6.45) is 0.621. The molecule has 0 aromatic heterocycles. The maximum Gasteiger partial charge on any atom is 0.232 e. The van der Waals surface area contributed by atoms with Gasteiger partial charge in [-0.1, -0.05) is 23.7 Å². The summed E-state index contributed by atoms with van der Waals surface area (Å²) in [7, 11) is 0. The minimum Gasteiger partial charge on any atom is -0.396 e. The highest BCUT2D eigenvalue weighted by Gasteiger charge is 2.12. The lowest BCUT2D eigenvalue weighted by atomic mass is 10.4. The largest absolute Gasteiger partial charge is 0.396 e. The molecule has 1 N–H and O–H groups in total. The lowest BCUT2D eigenvalue weighted by Gasteiger charge is -2.20. The highest BCUT2D eigenvalue weighted by molar-refractivity contribution is 8.00. The van der Waals surface area contributed by atoms with E-state index in [-0.39, 0.29) is 12.5 Å². The highest BCUT2D eigenvalue weighted by Crippen LogP contribution is 2.26. The van der Waals surface area contributed by atoms with Crippen molar-refractivity contribution in [3.63, 3.8) is 0 Å². The molecule has 0 aliphatic heterocycles. The summed E-state index contributed by atoms with van der Waals surface area (Å²) < 4.78 is 0. The van der Waals surface area contributed by atoms with Crippen LogP contribution in [0.2, 0.25) is 5.02 Å². The standard InChI is InChI=1S/C13H18ClNO2S/c1-2-15(8-5-9-16)13(17)10-18-12-7-4-3-6-11(12)14/h3-4,6-7,16H,2,5,8-10H2,1H3. The summed E-state index contributed by atoms with van der Waals surface area (Å²) in [5, 5.41) is 9.45. The Morgan fingerprint density at radius 3 is 2.78 bits per heavy atom. The molecular weight excluding hydrogens is 270 g/mol. The number of carbonyl (C=O) groups is 1. The zero-order valence-electron chi connectivity index (χ0n) is 10.4. The van der Waals surface area contributed by atoms with Crippen molar-refractivity contribution in [2.75, 3.05) is 25.4 Å². The van der Waals surface area contributed by atoms with E-state index >= 15 is 0 Å². The van der Waals surface area contributed by atoms with Gasteiger partial charge in [0.25, 0.3) is 0 Å². The molecule has 0 bridgehead atoms. The minimum absolute atomic E-state index is 0.0795. The van der Waals surface area contributed by atoms with Gasteiger partial charge >= 0.3 is 0 Å². The van der Waals surface area contributed by atoms with E-state index in [1.165, 1.54) is 11.8 Å². The number of halogens is 1. The van der Waals surface area contributed by atoms with E-state index in [2.05, 4.69) is 0 Å². The minimum atomic E-state index is 0.0795. The van der Waals surface area contributed by atoms with Crippen LogP contribution in [-0.2, 0) is 4.79 Å². The first-order chi connectivity index (χ1) is 8.69. The number of amides is 1. The van der Waals surface area contributed by atoms with Crippen LogP contribution < -0.4 is 0 Å². The van der Waals surface area contributed by atoms with Crippen LogP contribution in [0.1, 0.15) is 13.3 Å². The molecule has 3 nitrogen and oxygen atoms in total. The van der Waals surface area contributed by atoms with E-state index in [0.29, 0.717) is 30.3 Å². The van der Waals surface area contributed by atoms with Gasteiger partial charge < -0.3 is 10.0 Å². The number of carbonyl (C=O) groups excluding carboxylic acids is 1. The van der Waals surface area contributed by atoms with Crippen LogP contribution in [0.4, 0.5) is 0 Å². The third-order valence-corrected chi connectivity index (χ3v) is 4.01. The van der Waals surface area contributed by atoms with Crippen LogP contribution in [0.3, 0.4) is 0 Å². The number of nitrogens with zero attached hydrogens (tertiary/aromatic N) is 1. The fraction of sp³-hybridized carbons (Fsp3) is 0.462. The fourth-order valence-corrected chi connectivity index (χ4v) is 2.65. The summed E-state index contributed by atoms with van der Waals surface area (Å²) >= 11 is 7.47. The Labute approximate surface area is 117 Å². The molecule has 0 aliphatic carbocycles. The molecule has 0 unspecified atom stereocenters. The molecule has 0 saturated heterocycles. The second-order valence-corrected chi connectivity index (χ2v) is 5.19. The molecule has 1 amide bonds. The second kappa shape index (κ2) is 8.40. The van der Waals surface area contributed by atoms with Gasteiger partial charge in [-0.15, -0.1) is 11.8 Å². The molecular formula is C13H18ClNO2S. The van der Waals surface area contributed by atoms with Crippen LogP contribution in [-0.4, -0.2) is 41.4 Å². The molecule has 0 saturated carbocycles. The second-order valence-electron chi connectivity index (χ2n) is 3.77. The number of hydrogen-bond donors (Lipinski definition) is 1. The summed E-state index contributed by atoms with van der Waals surface area (Å²) in [5.41, 5.74) is 0. The number of thioether (sulfide) groups is 1. The van der Waals surface area contributed by atoms with Crippen molar-refractivity contribution < 1.29 is 9.90 Å². The van der Waals surface area contributed by atoms with Gasteiger partial charge in [0.05, 0.1) is 10.8 Å². The topological polar surface area (TPSA) is 40.5 Å². The average molecular weight is 288 g/mol. The molecule has 100 valence electrons. The van der Waals surface area contributed by atoms with Gasteiger partial charge in [-0.3, -0.25) is 4.79 Å². The number of benzene rings is 1. The summed E-state index contributed by atoms with van der Waals surface area (Å²) in [5.74, 6) is 0.457. The van der Waals surface area contributed by atoms with Gasteiger partial charge in [-0.25, -0.2) is 0 Å². The van der Waals surface area contributed by atoms with E-state index < -0.39 is 0 Å². The summed E-state index contributed by atoms with van der Waals surface area (Å²) in [6, 6.07) is 7.50. The van der Waals surface area contributed by atoms with Crippen molar-refractivity contribution >= 4 is 29.3 Å². The van der Waals surface area contributed by atoms with Crippen LogP contribution >= 0.6 is 23.4 Å². The van der Waals surface area contributed by atoms with Crippen molar-refractivity contribution in [3.8, 4) is 0 Å². The van der Waals surface area contributed by atoms with Gasteiger partial charge in [-0.05, 0) is 25.5 Å². The SMILES string of the molecule is CCN(CCCO)C(=O)CSc1ccccc1Cl. The lowest BCUT2D eigenvalue weighted by Crippen LogP contribution is -2.33. The highest BCUT2D eigenvalue weighted by atomic mass is 35.5. The van der Waals surface area contributed by atoms with Crippen molar-refractivity contribution in [2.24, 2.45) is 0 Å². The van der Waals surface area contributed by atoms with Crippen molar-refractivity contribution in [2.45, 2.75) is 18.2 Å². The van der Waals surface area contributed by atoms with E-state index in [0.717, 1.165) is 4.90 Å². The zero-order chi connectivity index (χ0) is 13.4. The molecule has 5 heteroatoms. The van der Waals surface area contributed by atoms with E-state index in [1.807, 2.05) is 31.2 Å². The number of aliphatic hydroxyl groups is 1. The van der Waals surface area contributed by atoms with Crippen LogP contribution in [0, 0.1) is 0 Å². The Morgan fingerprint density at radius 2 is 2.17 bits per heavy atom. The van der Waals surface area contributed by atoms with E-state index in [9.17, 15) is 4.79 Å². The predicted molar refractivity (Wildman–Crippen MR) is 76.1 cm³/mol. The molecule has 0 atom stereocenters. The molecule has 0 aliphatic rings. The summed E-state index contributed by atoms with van der Waals surface area (Å²) in [4.78, 5) is 14.6. The van der Waals surface area contributed by atoms with Gasteiger partial charge in [-0.2, -0.15) is 0 Å². The molecule has 0 radical (unpaired) electrons. The zero-order valence-corrected chi connectivity index (χ0v) is 12.0. The van der Waals surface area contributed by atoms with Gasteiger partial charge in [0.15, 0.2) is 0 Å². The Balaban J connectivity index is 2.47. The maximum absolute atomic E-state index is 11.9. The van der Waals surface area contributed by atoms with Gasteiger partial charge in [0.1, 0.15) is 0 Å². The normalized spacial score (nSPS) is 10.4. The van der Waals surface area contributed by atoms with Crippen LogP contribution in [0.15, 0.2) is 29.2 Å². The number of aliphatic hydroxyl groups excluding tert-OH is 1. The Kier molecular flexibility index (Phi) is 7.16. The third-order valence-electron chi connectivity index (χ3n) is 2.51. The quantitative estimate of drug-likeness (QED) is 0.784. The first-order valence-electron chi connectivity index (χ1n) is 5.95. The first kappa shape index (κ1) is 15.3. The first-order valence-corrected chi connectivity index (χ1v) is 7.31. The third kappa shape index (κ3) is 4.88. The summed E-state index contributed by atoms with van der Waals surface area (Å²) in [6.45, 7) is 3.33. The maximum atomic E-state index is 11.9. The lowest BCUT2D eigenvalue weighted by molar-refractivity contribution is -0.128. The monoisotopic (exact) mass is 287 g/mol. The molecule has 18 heavy (non-hydrogen) atoms. The van der Waals surface area contributed by atoms with Gasteiger partial charge in [0.2, 0.25) is 5.91 Å².